The fraction of sp³-hybridized carbons (Fsp3) is 0.320. The minimum absolute atomic E-state index is 0.250. The lowest BCUT2D eigenvalue weighted by molar-refractivity contribution is -0.0718. The molecule has 3 aromatic rings. The van der Waals surface area contributed by atoms with Crippen molar-refractivity contribution in [3.05, 3.63) is 95.3 Å². The van der Waals surface area contributed by atoms with Gasteiger partial charge in [0.05, 0.1) is 38.2 Å². The zero-order valence-electron chi connectivity index (χ0n) is 17.7. The third kappa shape index (κ3) is 5.30. The number of nitrogens with zero attached hydrogens (tertiary/aromatic N) is 1. The van der Waals surface area contributed by atoms with Crippen LogP contribution in [0.25, 0.3) is 0 Å². The molecule has 2 heterocycles. The maximum absolute atomic E-state index is 13.5. The van der Waals surface area contributed by atoms with Crippen molar-refractivity contribution in [3.8, 4) is 5.75 Å². The van der Waals surface area contributed by atoms with Gasteiger partial charge in [-0.2, -0.15) is 0 Å². The van der Waals surface area contributed by atoms with Crippen LogP contribution in [-0.4, -0.2) is 42.1 Å². The van der Waals surface area contributed by atoms with Gasteiger partial charge >= 0.3 is 0 Å². The summed E-state index contributed by atoms with van der Waals surface area (Å²) in [4.78, 5) is 4.14. The molecule has 3 atom stereocenters. The summed E-state index contributed by atoms with van der Waals surface area (Å²) >= 11 is 0. The Labute approximate surface area is 186 Å². The van der Waals surface area contributed by atoms with Crippen molar-refractivity contribution < 1.29 is 23.4 Å². The lowest BCUT2D eigenvalue weighted by Gasteiger charge is -2.38. The summed E-state index contributed by atoms with van der Waals surface area (Å²) in [6.45, 7) is 0.821. The van der Waals surface area contributed by atoms with E-state index >= 15 is 0 Å². The fourth-order valence-corrected chi connectivity index (χ4v) is 4.12. The Hall–Kier alpha value is -2.87. The van der Waals surface area contributed by atoms with Crippen molar-refractivity contribution in [1.82, 2.24) is 10.3 Å². The number of methoxy groups -OCH3 is 1. The van der Waals surface area contributed by atoms with E-state index in [0.717, 1.165) is 16.7 Å². The third-order valence-corrected chi connectivity index (χ3v) is 5.83. The largest absolute Gasteiger partial charge is 0.495 e. The quantitative estimate of drug-likeness (QED) is 0.585. The van der Waals surface area contributed by atoms with Crippen LogP contribution in [0.15, 0.2) is 67.0 Å². The van der Waals surface area contributed by atoms with Gasteiger partial charge in [-0.25, -0.2) is 8.78 Å². The molecule has 0 spiro atoms. The highest BCUT2D eigenvalue weighted by atomic mass is 19.1. The van der Waals surface area contributed by atoms with E-state index in [0.29, 0.717) is 25.3 Å². The lowest BCUT2D eigenvalue weighted by atomic mass is 9.82. The average Bonchev–Trinajstić information content (AvgIpc) is 2.81. The van der Waals surface area contributed by atoms with E-state index in [1.807, 2.05) is 6.07 Å². The van der Waals surface area contributed by atoms with Gasteiger partial charge in [0.25, 0.3) is 0 Å². The van der Waals surface area contributed by atoms with Gasteiger partial charge in [0.1, 0.15) is 17.4 Å². The molecule has 0 unspecified atom stereocenters. The number of halogens is 2. The van der Waals surface area contributed by atoms with Crippen molar-refractivity contribution in [1.29, 1.82) is 0 Å². The predicted molar refractivity (Wildman–Crippen MR) is 116 cm³/mol. The minimum atomic E-state index is -0.643. The SMILES string of the molecule is COc1cncc(CN[C@@H]2CO[C@H](C(c3ccc(F)cc3)c3ccc(F)cc3)C[C@H]2O)c1. The van der Waals surface area contributed by atoms with E-state index in [1.54, 1.807) is 43.8 Å². The first-order chi connectivity index (χ1) is 15.5. The lowest BCUT2D eigenvalue weighted by Crippen LogP contribution is -2.50. The number of nitrogens with one attached hydrogen (secondary N) is 1. The normalized spacial score (nSPS) is 21.0. The molecule has 2 aromatic carbocycles. The second kappa shape index (κ2) is 10.2. The van der Waals surface area contributed by atoms with Gasteiger partial charge in [-0.1, -0.05) is 24.3 Å². The summed E-state index contributed by atoms with van der Waals surface area (Å²) in [5.41, 5.74) is 2.64. The summed E-state index contributed by atoms with van der Waals surface area (Å²) in [5.74, 6) is -0.236. The van der Waals surface area contributed by atoms with Gasteiger partial charge in [-0.05, 0) is 47.0 Å². The standard InChI is InChI=1S/C25H26F2N2O3/c1-31-21-10-16(12-28-14-21)13-29-22-15-32-24(11-23(22)30)25(17-2-6-19(26)7-3-17)18-4-8-20(27)9-5-18/h2-10,12,14,22-25,29-30H,11,13,15H2,1H3/t22-,23-,24+/m1/s1. The molecule has 32 heavy (non-hydrogen) atoms. The molecule has 0 bridgehead atoms. The van der Waals surface area contributed by atoms with Crippen LogP contribution in [0.2, 0.25) is 0 Å². The highest BCUT2D eigenvalue weighted by Crippen LogP contribution is 2.35. The Balaban J connectivity index is 1.47. The van der Waals surface area contributed by atoms with Crippen molar-refractivity contribution in [3.63, 3.8) is 0 Å². The van der Waals surface area contributed by atoms with E-state index in [1.165, 1.54) is 24.3 Å². The van der Waals surface area contributed by atoms with Crippen LogP contribution in [0.1, 0.15) is 29.0 Å². The van der Waals surface area contributed by atoms with E-state index in [2.05, 4.69) is 10.3 Å². The Kier molecular flexibility index (Phi) is 7.09. The Bertz CT molecular complexity index is 969. The molecule has 1 aromatic heterocycles. The van der Waals surface area contributed by atoms with Crippen LogP contribution < -0.4 is 10.1 Å². The highest BCUT2D eigenvalue weighted by Gasteiger charge is 2.35. The van der Waals surface area contributed by atoms with Crippen LogP contribution >= 0.6 is 0 Å². The fourth-order valence-electron chi connectivity index (χ4n) is 4.12. The number of pyridine rings is 1. The number of aliphatic hydroxyl groups excluding tert-OH is 1. The molecule has 0 saturated carbocycles. The van der Waals surface area contributed by atoms with E-state index < -0.39 is 6.10 Å². The molecule has 168 valence electrons. The van der Waals surface area contributed by atoms with Crippen LogP contribution in [0, 0.1) is 11.6 Å². The molecule has 7 heteroatoms. The Morgan fingerprint density at radius 1 is 1.06 bits per heavy atom. The number of benzene rings is 2. The number of hydrogen-bond acceptors (Lipinski definition) is 5. The molecule has 1 aliphatic heterocycles. The van der Waals surface area contributed by atoms with Gasteiger partial charge in [0.2, 0.25) is 0 Å². The molecule has 0 aliphatic carbocycles. The Morgan fingerprint density at radius 3 is 2.25 bits per heavy atom. The first-order valence-electron chi connectivity index (χ1n) is 10.6. The molecule has 0 radical (unpaired) electrons. The molecule has 4 rings (SSSR count). The van der Waals surface area contributed by atoms with Crippen molar-refractivity contribution in [2.75, 3.05) is 13.7 Å². The van der Waals surface area contributed by atoms with Crippen LogP contribution in [0.4, 0.5) is 8.78 Å². The zero-order chi connectivity index (χ0) is 22.5. The number of aliphatic hydroxyl groups is 1. The number of aromatic nitrogens is 1. The monoisotopic (exact) mass is 440 g/mol. The molecule has 1 saturated heterocycles. The van der Waals surface area contributed by atoms with Crippen LogP contribution in [0.3, 0.4) is 0 Å². The third-order valence-electron chi connectivity index (χ3n) is 5.83. The van der Waals surface area contributed by atoms with Crippen LogP contribution in [-0.2, 0) is 11.3 Å². The smallest absolute Gasteiger partial charge is 0.137 e. The number of rotatable bonds is 7. The van der Waals surface area contributed by atoms with Gasteiger partial charge in [-0.15, -0.1) is 0 Å². The van der Waals surface area contributed by atoms with Crippen molar-refractivity contribution >= 4 is 0 Å². The maximum Gasteiger partial charge on any atom is 0.137 e. The van der Waals surface area contributed by atoms with Gasteiger partial charge in [0, 0.05) is 25.1 Å². The summed E-state index contributed by atoms with van der Waals surface area (Å²) < 4.78 is 38.4. The second-order valence-corrected chi connectivity index (χ2v) is 7.98. The minimum Gasteiger partial charge on any atom is -0.495 e. The topological polar surface area (TPSA) is 63.6 Å². The average molecular weight is 440 g/mol. The first kappa shape index (κ1) is 22.3. The first-order valence-corrected chi connectivity index (χ1v) is 10.6. The molecular weight excluding hydrogens is 414 g/mol. The summed E-state index contributed by atoms with van der Waals surface area (Å²) in [5, 5.41) is 14.2. The number of hydrogen-bond donors (Lipinski definition) is 2. The van der Waals surface area contributed by atoms with Gasteiger partial charge in [0.15, 0.2) is 0 Å². The van der Waals surface area contributed by atoms with Crippen molar-refractivity contribution in [2.45, 2.75) is 37.1 Å². The molecule has 0 amide bonds. The molecule has 5 nitrogen and oxygen atoms in total. The van der Waals surface area contributed by atoms with Crippen LogP contribution in [0.5, 0.6) is 5.75 Å². The predicted octanol–water partition coefficient (Wildman–Crippen LogP) is 3.81. The molecular formula is C25H26F2N2O3. The van der Waals surface area contributed by atoms with E-state index in [4.69, 9.17) is 9.47 Å². The Morgan fingerprint density at radius 2 is 1.69 bits per heavy atom. The second-order valence-electron chi connectivity index (χ2n) is 7.98. The zero-order valence-corrected chi connectivity index (χ0v) is 17.7. The summed E-state index contributed by atoms with van der Waals surface area (Å²) in [6.07, 6.45) is 2.78. The van der Waals surface area contributed by atoms with Gasteiger partial charge < -0.3 is 19.9 Å². The number of ether oxygens (including phenoxy) is 2. The van der Waals surface area contributed by atoms with E-state index in [9.17, 15) is 13.9 Å². The maximum atomic E-state index is 13.5. The molecule has 1 fully saturated rings. The molecule has 1 aliphatic rings. The van der Waals surface area contributed by atoms with Gasteiger partial charge in [-0.3, -0.25) is 4.98 Å². The summed E-state index contributed by atoms with van der Waals surface area (Å²) in [7, 11) is 1.59. The molecule has 2 N–H and O–H groups in total. The summed E-state index contributed by atoms with van der Waals surface area (Å²) in [6, 6.07) is 14.1. The van der Waals surface area contributed by atoms with E-state index in [-0.39, 0.29) is 29.7 Å². The van der Waals surface area contributed by atoms with Crippen molar-refractivity contribution in [2.24, 2.45) is 0 Å². The highest BCUT2D eigenvalue weighted by molar-refractivity contribution is 5.34.